The third-order valence-electron chi connectivity index (χ3n) is 7.03. The van der Waals surface area contributed by atoms with Gasteiger partial charge in [-0.05, 0) is 52.2 Å². The minimum absolute atomic E-state index is 0. The van der Waals surface area contributed by atoms with E-state index in [4.69, 9.17) is 2.74 Å². The van der Waals surface area contributed by atoms with Crippen LogP contribution in [-0.4, -0.2) is 23.2 Å². The zero-order valence-electron chi connectivity index (χ0n) is 28.2. The second kappa shape index (κ2) is 13.6. The van der Waals surface area contributed by atoms with Crippen molar-refractivity contribution < 1.29 is 22.8 Å². The van der Waals surface area contributed by atoms with Gasteiger partial charge in [-0.15, -0.1) is 23.8 Å². The van der Waals surface area contributed by atoms with E-state index in [2.05, 4.69) is 95.8 Å². The van der Waals surface area contributed by atoms with E-state index in [1.165, 1.54) is 31.0 Å². The van der Waals surface area contributed by atoms with E-state index in [0.29, 0.717) is 5.56 Å². The molecule has 0 amide bonds. The summed E-state index contributed by atoms with van der Waals surface area (Å²) in [4.78, 5) is 9.14. The van der Waals surface area contributed by atoms with Crippen molar-refractivity contribution in [3.8, 4) is 22.5 Å². The third-order valence-corrected chi connectivity index (χ3v) is 12.7. The van der Waals surface area contributed by atoms with Crippen LogP contribution in [0.15, 0.2) is 85.2 Å². The Morgan fingerprint density at radius 3 is 2.33 bits per heavy atom. The molecule has 3 aromatic heterocycles. The van der Waals surface area contributed by atoms with Gasteiger partial charge >= 0.3 is 106 Å². The van der Waals surface area contributed by atoms with Gasteiger partial charge in [-0.1, -0.05) is 49.9 Å². The molecular weight excluding hydrogens is 781 g/mol. The molecule has 0 bridgehead atoms. The van der Waals surface area contributed by atoms with Crippen LogP contribution < -0.4 is 4.40 Å². The zero-order chi connectivity index (χ0) is 31.9. The Morgan fingerprint density at radius 1 is 0.860 bits per heavy atom. The summed E-state index contributed by atoms with van der Waals surface area (Å²) in [6.07, 6.45) is 2.33. The monoisotopic (exact) mass is 825 g/mol. The molecule has 0 aliphatic rings. The summed E-state index contributed by atoms with van der Waals surface area (Å²) >= 11 is -0.0214. The molecule has 0 fully saturated rings. The average molecular weight is 824 g/mol. The van der Waals surface area contributed by atoms with Gasteiger partial charge < -0.3 is 4.98 Å². The summed E-state index contributed by atoms with van der Waals surface area (Å²) < 4.78 is 21.1. The van der Waals surface area contributed by atoms with Crippen LogP contribution in [-0.2, 0) is 26.5 Å². The molecule has 0 atom stereocenters. The maximum absolute atomic E-state index is 8.58. The SMILES string of the molecule is Cc1cc(-c2[c-]cccc2)nc[c]1[Ge]([CH3])([CH3])[CH3].[2H]C([2H])(c1ccnc(-c2[c-]ccc3c2sc2cc(C)ccc23)c1)C(C)(C)C.[Ir]. The van der Waals surface area contributed by atoms with Crippen molar-refractivity contribution in [1.82, 2.24) is 9.97 Å². The van der Waals surface area contributed by atoms with Gasteiger partial charge in [0.15, 0.2) is 0 Å². The van der Waals surface area contributed by atoms with Crippen molar-refractivity contribution in [3.05, 3.63) is 114 Å². The summed E-state index contributed by atoms with van der Waals surface area (Å²) in [5.41, 5.74) is 6.59. The summed E-state index contributed by atoms with van der Waals surface area (Å²) in [6.45, 7) is 10.1. The van der Waals surface area contributed by atoms with E-state index < -0.39 is 25.1 Å². The van der Waals surface area contributed by atoms with Crippen molar-refractivity contribution in [2.24, 2.45) is 5.41 Å². The molecule has 223 valence electrons. The Balaban J connectivity index is 0.000000222. The second-order valence-electron chi connectivity index (χ2n) is 12.9. The molecule has 0 N–H and O–H groups in total. The number of hydrogen-bond acceptors (Lipinski definition) is 3. The maximum atomic E-state index is 8.58. The van der Waals surface area contributed by atoms with E-state index in [1.807, 2.05) is 51.1 Å². The summed E-state index contributed by atoms with van der Waals surface area (Å²) in [6, 6.07) is 31.0. The topological polar surface area (TPSA) is 25.8 Å². The zero-order valence-corrected chi connectivity index (χ0v) is 31.5. The van der Waals surface area contributed by atoms with Gasteiger partial charge in [0.05, 0.1) is 0 Å². The predicted molar refractivity (Wildman–Crippen MR) is 186 cm³/mol. The molecule has 0 aliphatic heterocycles. The molecule has 0 aliphatic carbocycles. The van der Waals surface area contributed by atoms with E-state index in [0.717, 1.165) is 27.2 Å². The Hall–Kier alpha value is -2.63. The first-order valence-corrected chi connectivity index (χ1v) is 22.6. The number of hydrogen-bond donors (Lipinski definition) is 0. The number of nitrogens with zero attached hydrogens (tertiary/aromatic N) is 2. The van der Waals surface area contributed by atoms with Crippen LogP contribution in [0.4, 0.5) is 0 Å². The first kappa shape index (κ1) is 30.4. The fraction of sp³-hybridized carbons (Fsp3) is 0.263. The molecule has 0 spiro atoms. The fourth-order valence-electron chi connectivity index (χ4n) is 5.16. The molecule has 6 aromatic rings. The predicted octanol–water partition coefficient (Wildman–Crippen LogP) is 10.2. The van der Waals surface area contributed by atoms with Gasteiger partial charge in [0, 0.05) is 33.7 Å². The molecule has 6 rings (SSSR count). The van der Waals surface area contributed by atoms with Crippen LogP contribution in [0.3, 0.4) is 0 Å². The van der Waals surface area contributed by atoms with Gasteiger partial charge in [0.2, 0.25) is 0 Å². The molecule has 5 heteroatoms. The van der Waals surface area contributed by atoms with Gasteiger partial charge in [-0.25, -0.2) is 0 Å². The number of fused-ring (bicyclic) bond motifs is 3. The molecule has 1 radical (unpaired) electrons. The normalized spacial score (nSPS) is 12.7. The van der Waals surface area contributed by atoms with Crippen LogP contribution in [0.5, 0.6) is 0 Å². The Bertz CT molecular complexity index is 1940. The number of aromatic nitrogens is 2. The smallest absolute Gasteiger partial charge is 0.0321 e. The number of aryl methyl sites for hydroxylation is 2. The van der Waals surface area contributed by atoms with Crippen LogP contribution in [0.1, 0.15) is 40.2 Å². The quantitative estimate of drug-likeness (QED) is 0.131. The van der Waals surface area contributed by atoms with Gasteiger partial charge in [0.25, 0.3) is 0 Å². The Morgan fingerprint density at radius 2 is 1.65 bits per heavy atom. The van der Waals surface area contributed by atoms with Gasteiger partial charge in [-0.3, -0.25) is 0 Å². The van der Waals surface area contributed by atoms with Gasteiger partial charge in [-0.2, -0.15) is 11.3 Å². The largest absolute Gasteiger partial charge is 0.305 e. The average Bonchev–Trinajstić information content (AvgIpc) is 3.34. The minimum atomic E-state index is -1.77. The van der Waals surface area contributed by atoms with Crippen LogP contribution in [0, 0.1) is 31.4 Å². The molecule has 43 heavy (non-hydrogen) atoms. The summed E-state index contributed by atoms with van der Waals surface area (Å²) in [5.74, 6) is 7.20. The standard InChI is InChI=1S/C23H22NS.C15H18GeN.Ir/c1-15-8-9-17-18-6-5-7-19(22(18)25-21(17)12-15)20-13-16(10-11-24-20)14-23(2,3)4;1-12-10-15(13-8-6-5-7-9-13)17-11-14(12)16(2,3)4;/h5-6,8-13H,14H2,1-4H3;5-8,10-11H,1-4H3;/q2*-1;/i14D2;;. The minimum Gasteiger partial charge on any atom is -0.305 e. The van der Waals surface area contributed by atoms with Crippen molar-refractivity contribution in [3.63, 3.8) is 0 Å². The molecule has 0 saturated heterocycles. The van der Waals surface area contributed by atoms with Crippen molar-refractivity contribution in [2.75, 3.05) is 0 Å². The van der Waals surface area contributed by atoms with E-state index >= 15 is 0 Å². The van der Waals surface area contributed by atoms with E-state index in [9.17, 15) is 0 Å². The van der Waals surface area contributed by atoms with Crippen molar-refractivity contribution in [1.29, 1.82) is 0 Å². The molecule has 2 nitrogen and oxygen atoms in total. The molecule has 3 heterocycles. The summed E-state index contributed by atoms with van der Waals surface area (Å²) in [5, 5.41) is 2.45. The van der Waals surface area contributed by atoms with E-state index in [1.54, 1.807) is 23.6 Å². The van der Waals surface area contributed by atoms with Crippen LogP contribution in [0.25, 0.3) is 42.7 Å². The summed E-state index contributed by atoms with van der Waals surface area (Å²) in [7, 11) is 0. The van der Waals surface area contributed by atoms with Crippen molar-refractivity contribution >= 4 is 49.2 Å². The second-order valence-corrected chi connectivity index (χ2v) is 24.5. The number of thiophene rings is 1. The number of benzene rings is 3. The molecule has 3 aromatic carbocycles. The van der Waals surface area contributed by atoms with Gasteiger partial charge in [0.1, 0.15) is 0 Å². The number of rotatable bonds is 4. The van der Waals surface area contributed by atoms with Crippen molar-refractivity contribution in [2.45, 2.75) is 58.3 Å². The van der Waals surface area contributed by atoms with Crippen LogP contribution in [0.2, 0.25) is 17.3 Å². The first-order chi connectivity index (χ1) is 20.7. The third kappa shape index (κ3) is 8.10. The molecular formula is C38H40GeIrN2S-2. The molecule has 0 unspecified atom stereocenters. The Labute approximate surface area is 280 Å². The molecule has 0 saturated carbocycles. The Kier molecular flexibility index (Phi) is 9.59. The fourth-order valence-corrected chi connectivity index (χ4v) is 10.0. The van der Waals surface area contributed by atoms with Crippen LogP contribution >= 0.6 is 11.3 Å². The first-order valence-electron chi connectivity index (χ1n) is 15.4. The number of pyridine rings is 2. The maximum Gasteiger partial charge on any atom is 0.0321 e. The van der Waals surface area contributed by atoms with E-state index in [-0.39, 0.29) is 20.1 Å².